The number of aliphatic imine (C=N–C) groups is 1. The fourth-order valence-corrected chi connectivity index (χ4v) is 1.59. The zero-order chi connectivity index (χ0) is 19.2. The molecule has 0 fully saturated rings. The number of nitrogens with one attached hydrogen (secondary N) is 1. The number of nitrogens with zero attached hydrogens (tertiary/aromatic N) is 1. The monoisotopic (exact) mass is 372 g/mol. The van der Waals surface area contributed by atoms with Crippen molar-refractivity contribution in [1.29, 1.82) is 0 Å². The summed E-state index contributed by atoms with van der Waals surface area (Å²) in [7, 11) is 2.43. The summed E-state index contributed by atoms with van der Waals surface area (Å²) >= 11 is 4.31. The Hall–Kier alpha value is -1.85. The molecule has 1 aromatic carbocycles. The van der Waals surface area contributed by atoms with Crippen molar-refractivity contribution >= 4 is 33.9 Å². The average Bonchev–Trinajstić information content (AvgIpc) is 2.62. The smallest absolute Gasteiger partial charge is 0.0762 e. The molecule has 25 heavy (non-hydrogen) atoms. The number of thiol groups is 1. The van der Waals surface area contributed by atoms with Crippen LogP contribution in [0.5, 0.6) is 0 Å². The van der Waals surface area contributed by atoms with Crippen LogP contribution < -0.4 is 5.09 Å². The van der Waals surface area contributed by atoms with Crippen molar-refractivity contribution in [2.75, 3.05) is 6.54 Å². The van der Waals surface area contributed by atoms with E-state index < -0.39 is 0 Å². The topological polar surface area (TPSA) is 24.4 Å². The van der Waals surface area contributed by atoms with Crippen LogP contribution in [0.1, 0.15) is 20.8 Å². The van der Waals surface area contributed by atoms with Crippen LogP contribution in [0.3, 0.4) is 0 Å². The van der Waals surface area contributed by atoms with E-state index in [2.05, 4.69) is 44.4 Å². The summed E-state index contributed by atoms with van der Waals surface area (Å²) < 4.78 is 0. The first kappa shape index (κ1) is 25.4. The molecular weight excluding hydrogens is 343 g/mol. The summed E-state index contributed by atoms with van der Waals surface area (Å²) in [4.78, 5) is 5.17. The highest BCUT2D eigenvalue weighted by Crippen LogP contribution is 2.21. The second-order valence-corrected chi connectivity index (χ2v) is 5.22. The molecular formula is C21H29N2PS. The van der Waals surface area contributed by atoms with Gasteiger partial charge in [-0.1, -0.05) is 64.1 Å². The first-order valence-electron chi connectivity index (χ1n) is 7.86. The van der Waals surface area contributed by atoms with Gasteiger partial charge in [0.1, 0.15) is 0 Å². The Balaban J connectivity index is 0. The van der Waals surface area contributed by atoms with Crippen molar-refractivity contribution < 1.29 is 0 Å². The lowest BCUT2D eigenvalue weighted by molar-refractivity contribution is 1.13. The van der Waals surface area contributed by atoms with E-state index in [4.69, 9.17) is 0 Å². The van der Waals surface area contributed by atoms with E-state index in [1.165, 1.54) is 0 Å². The number of allylic oxidation sites excluding steroid dienone is 7. The zero-order valence-corrected chi connectivity index (χ0v) is 17.3. The summed E-state index contributed by atoms with van der Waals surface area (Å²) in [5.41, 5.74) is 0.882. The molecule has 2 nitrogen and oxygen atoms in total. The Morgan fingerprint density at radius 1 is 1.12 bits per heavy atom. The second kappa shape index (κ2) is 22.2. The average molecular weight is 373 g/mol. The summed E-state index contributed by atoms with van der Waals surface area (Å²) in [6.45, 7) is 6.59. The van der Waals surface area contributed by atoms with Crippen LogP contribution >= 0.6 is 22.0 Å². The molecule has 0 saturated carbocycles. The Morgan fingerprint density at radius 3 is 2.24 bits per heavy atom. The molecule has 0 heterocycles. The van der Waals surface area contributed by atoms with Gasteiger partial charge in [0.15, 0.2) is 0 Å². The summed E-state index contributed by atoms with van der Waals surface area (Å²) in [5, 5.41) is 2.90. The summed E-state index contributed by atoms with van der Waals surface area (Å²) in [5.74, 6) is 2.25. The number of para-hydroxylation sites is 1. The van der Waals surface area contributed by atoms with Crippen molar-refractivity contribution in [1.82, 2.24) is 5.09 Å². The van der Waals surface area contributed by atoms with Gasteiger partial charge in [0.2, 0.25) is 0 Å². The quantitative estimate of drug-likeness (QED) is 0.158. The fourth-order valence-electron chi connectivity index (χ4n) is 1.24. The molecule has 0 aromatic heterocycles. The molecule has 0 aliphatic carbocycles. The van der Waals surface area contributed by atoms with Crippen molar-refractivity contribution in [3.8, 4) is 12.3 Å². The van der Waals surface area contributed by atoms with Gasteiger partial charge in [-0.05, 0) is 39.0 Å². The van der Waals surface area contributed by atoms with E-state index in [1.807, 2.05) is 86.7 Å². The molecule has 0 saturated heterocycles. The van der Waals surface area contributed by atoms with Gasteiger partial charge in [-0.2, -0.15) is 0 Å². The van der Waals surface area contributed by atoms with Crippen molar-refractivity contribution in [2.45, 2.75) is 25.7 Å². The predicted octanol–water partition coefficient (Wildman–Crippen LogP) is 5.95. The van der Waals surface area contributed by atoms with Crippen LogP contribution in [-0.2, 0) is 0 Å². The molecule has 1 rings (SSSR count). The number of hydrogen-bond donors (Lipinski definition) is 2. The van der Waals surface area contributed by atoms with Crippen LogP contribution in [0.15, 0.2) is 82.8 Å². The van der Waals surface area contributed by atoms with E-state index in [1.54, 1.807) is 13.1 Å². The lowest BCUT2D eigenvalue weighted by Crippen LogP contribution is -1.93. The maximum absolute atomic E-state index is 4.60. The standard InChI is InChI=1S/C14H15NS.C4H10NP.C3H4/c1-2-3-4-5-6-9-12-15-13-10-7-8-11-14(13)16;1-2-3-4-5-6;1-3-2/h2-12,16H,1H3;2-3,5H,4,6H2,1H3;1H,2H3/b3-2+,5-4+,9-6+,15-12?;3-2-;. The van der Waals surface area contributed by atoms with Gasteiger partial charge < -0.3 is 0 Å². The normalized spacial score (nSPS) is 10.9. The fraction of sp³-hybridized carbons (Fsp3) is 0.190. The van der Waals surface area contributed by atoms with Gasteiger partial charge in [-0.3, -0.25) is 10.1 Å². The summed E-state index contributed by atoms with van der Waals surface area (Å²) in [6, 6.07) is 7.74. The minimum Gasteiger partial charge on any atom is -0.297 e. The van der Waals surface area contributed by atoms with Crippen LogP contribution in [0.4, 0.5) is 5.69 Å². The lowest BCUT2D eigenvalue weighted by Gasteiger charge is -1.95. The van der Waals surface area contributed by atoms with Crippen molar-refractivity contribution in [3.05, 3.63) is 72.9 Å². The number of terminal acetylenes is 1. The van der Waals surface area contributed by atoms with Crippen molar-refractivity contribution in [3.63, 3.8) is 0 Å². The molecule has 1 unspecified atom stereocenters. The number of benzene rings is 1. The largest absolute Gasteiger partial charge is 0.297 e. The molecule has 0 aliphatic rings. The zero-order valence-electron chi connectivity index (χ0n) is 15.3. The van der Waals surface area contributed by atoms with Gasteiger partial charge in [0, 0.05) is 17.7 Å². The number of hydrogen-bond acceptors (Lipinski definition) is 3. The van der Waals surface area contributed by atoms with Crippen LogP contribution in [-0.4, -0.2) is 12.8 Å². The van der Waals surface area contributed by atoms with Gasteiger partial charge in [-0.25, -0.2) is 0 Å². The third-order valence-corrected chi connectivity index (χ3v) is 2.90. The molecule has 4 heteroatoms. The molecule has 134 valence electrons. The highest BCUT2D eigenvalue weighted by Gasteiger charge is 1.90. The van der Waals surface area contributed by atoms with Crippen LogP contribution in [0.25, 0.3) is 0 Å². The van der Waals surface area contributed by atoms with E-state index in [-0.39, 0.29) is 0 Å². The Kier molecular flexibility index (Phi) is 22.5. The summed E-state index contributed by atoms with van der Waals surface area (Å²) in [6.07, 6.45) is 22.1. The SMILES string of the molecule is C#CC.C/C=C/C=C/C=C/C=Nc1ccccc1S.C/C=C\CNP. The first-order chi connectivity index (χ1) is 12.2. The van der Waals surface area contributed by atoms with Gasteiger partial charge in [0.25, 0.3) is 0 Å². The maximum atomic E-state index is 4.60. The van der Waals surface area contributed by atoms with E-state index in [9.17, 15) is 0 Å². The highest BCUT2D eigenvalue weighted by molar-refractivity contribution is 7.80. The third kappa shape index (κ3) is 20.1. The molecule has 0 bridgehead atoms. The van der Waals surface area contributed by atoms with Gasteiger partial charge in [0.05, 0.1) is 5.69 Å². The van der Waals surface area contributed by atoms with E-state index >= 15 is 0 Å². The number of rotatable bonds is 6. The van der Waals surface area contributed by atoms with Crippen LogP contribution in [0.2, 0.25) is 0 Å². The molecule has 1 N–H and O–H groups in total. The van der Waals surface area contributed by atoms with E-state index in [0.717, 1.165) is 17.1 Å². The van der Waals surface area contributed by atoms with Gasteiger partial charge >= 0.3 is 0 Å². The Morgan fingerprint density at radius 2 is 1.72 bits per heavy atom. The molecule has 1 aromatic rings. The van der Waals surface area contributed by atoms with Crippen molar-refractivity contribution in [2.24, 2.45) is 4.99 Å². The Bertz CT molecular complexity index is 609. The maximum Gasteiger partial charge on any atom is 0.0762 e. The first-order valence-corrected chi connectivity index (χ1v) is 8.88. The second-order valence-electron chi connectivity index (χ2n) is 4.33. The highest BCUT2D eigenvalue weighted by atomic mass is 32.1. The molecule has 0 spiro atoms. The minimum atomic E-state index is 0.882. The molecule has 1 atom stereocenters. The van der Waals surface area contributed by atoms with Gasteiger partial charge in [-0.15, -0.1) is 25.0 Å². The molecule has 0 radical (unpaired) electrons. The minimum absolute atomic E-state index is 0.882. The Labute approximate surface area is 161 Å². The molecule has 0 aliphatic heterocycles. The predicted molar refractivity (Wildman–Crippen MR) is 122 cm³/mol. The van der Waals surface area contributed by atoms with E-state index in [0.29, 0.717) is 0 Å². The van der Waals surface area contributed by atoms with Crippen LogP contribution in [0, 0.1) is 12.3 Å². The molecule has 0 amide bonds. The lowest BCUT2D eigenvalue weighted by atomic mass is 10.3. The third-order valence-electron chi connectivity index (χ3n) is 2.29.